The predicted octanol–water partition coefficient (Wildman–Crippen LogP) is 4.22. The number of benzene rings is 3. The van der Waals surface area contributed by atoms with Gasteiger partial charge in [0, 0.05) is 5.69 Å². The quantitative estimate of drug-likeness (QED) is 0.708. The first-order valence-electron chi connectivity index (χ1n) is 7.52. The van der Waals surface area contributed by atoms with Crippen molar-refractivity contribution in [2.45, 2.75) is 0 Å². The largest absolute Gasteiger partial charge is 0.497 e. The van der Waals surface area contributed by atoms with E-state index in [4.69, 9.17) is 20.9 Å². The Hall–Kier alpha value is -3.14. The van der Waals surface area contributed by atoms with Gasteiger partial charge in [-0.1, -0.05) is 36.4 Å². The van der Waals surface area contributed by atoms with Crippen molar-refractivity contribution in [3.63, 3.8) is 0 Å². The Morgan fingerprint density at radius 2 is 1.33 bits per heavy atom. The molecule has 0 aromatic heterocycles. The van der Waals surface area contributed by atoms with Gasteiger partial charge < -0.3 is 20.9 Å². The van der Waals surface area contributed by atoms with Crippen molar-refractivity contribution in [2.75, 3.05) is 25.7 Å². The Balaban J connectivity index is 0.000000198. The number of rotatable bonds is 3. The number of hydrogen-bond acceptors (Lipinski definition) is 4. The van der Waals surface area contributed by atoms with Gasteiger partial charge in [0.1, 0.15) is 11.5 Å². The van der Waals surface area contributed by atoms with E-state index in [1.54, 1.807) is 26.4 Å². The summed E-state index contributed by atoms with van der Waals surface area (Å²) in [5.74, 6) is 1.55. The van der Waals surface area contributed by atoms with Gasteiger partial charge in [-0.3, -0.25) is 0 Å². The number of hydrogen-bond donors (Lipinski definition) is 2. The summed E-state index contributed by atoms with van der Waals surface area (Å²) in [6.45, 7) is 0. The van der Waals surface area contributed by atoms with Crippen LogP contribution in [0.3, 0.4) is 0 Å². The van der Waals surface area contributed by atoms with E-state index in [1.807, 2.05) is 48.5 Å². The molecule has 3 aromatic carbocycles. The molecule has 124 valence electrons. The van der Waals surface area contributed by atoms with E-state index in [2.05, 4.69) is 12.1 Å². The molecule has 0 bridgehead atoms. The van der Waals surface area contributed by atoms with Crippen LogP contribution in [0.15, 0.2) is 72.8 Å². The molecule has 4 heteroatoms. The zero-order chi connectivity index (χ0) is 17.4. The molecule has 24 heavy (non-hydrogen) atoms. The molecule has 4 nitrogen and oxygen atoms in total. The van der Waals surface area contributed by atoms with Crippen molar-refractivity contribution >= 4 is 11.4 Å². The van der Waals surface area contributed by atoms with Gasteiger partial charge in [0.2, 0.25) is 0 Å². The Morgan fingerprint density at radius 1 is 0.667 bits per heavy atom. The first-order valence-corrected chi connectivity index (χ1v) is 7.52. The van der Waals surface area contributed by atoms with Gasteiger partial charge in [-0.15, -0.1) is 0 Å². The average Bonchev–Trinajstić information content (AvgIpc) is 2.63. The highest BCUT2D eigenvalue weighted by atomic mass is 16.5. The molecule has 3 aromatic rings. The third-order valence-corrected chi connectivity index (χ3v) is 3.45. The molecule has 4 N–H and O–H groups in total. The van der Waals surface area contributed by atoms with Crippen molar-refractivity contribution < 1.29 is 9.47 Å². The van der Waals surface area contributed by atoms with Crippen molar-refractivity contribution in [3.05, 3.63) is 72.8 Å². The fraction of sp³-hybridized carbons (Fsp3) is 0.100. The van der Waals surface area contributed by atoms with Gasteiger partial charge in [0.25, 0.3) is 0 Å². The molecule has 0 aliphatic heterocycles. The first kappa shape index (κ1) is 17.2. The molecular weight excluding hydrogens is 300 g/mol. The Labute approximate surface area is 142 Å². The van der Waals surface area contributed by atoms with Crippen molar-refractivity contribution in [1.82, 2.24) is 0 Å². The van der Waals surface area contributed by atoms with Crippen LogP contribution in [0, 0.1) is 0 Å². The fourth-order valence-electron chi connectivity index (χ4n) is 2.15. The highest BCUT2D eigenvalue weighted by molar-refractivity contribution is 5.70. The minimum absolute atomic E-state index is 0.666. The van der Waals surface area contributed by atoms with Crippen LogP contribution in [0.4, 0.5) is 11.4 Å². The number of nitrogens with two attached hydrogens (primary N) is 2. The lowest BCUT2D eigenvalue weighted by Gasteiger charge is -2.07. The summed E-state index contributed by atoms with van der Waals surface area (Å²) in [4.78, 5) is 0. The second kappa shape index (κ2) is 8.48. The lowest BCUT2D eigenvalue weighted by Crippen LogP contribution is -1.92. The number of anilines is 2. The lowest BCUT2D eigenvalue weighted by atomic mass is 10.1. The normalized spacial score (nSPS) is 9.58. The van der Waals surface area contributed by atoms with E-state index in [0.29, 0.717) is 5.69 Å². The molecule has 0 spiro atoms. The monoisotopic (exact) mass is 322 g/mol. The summed E-state index contributed by atoms with van der Waals surface area (Å²) in [6, 6.07) is 23.2. The van der Waals surface area contributed by atoms with E-state index in [-0.39, 0.29) is 0 Å². The van der Waals surface area contributed by atoms with Gasteiger partial charge in [-0.2, -0.15) is 0 Å². The number of methoxy groups -OCH3 is 2. The molecule has 0 saturated carbocycles. The van der Waals surface area contributed by atoms with Crippen LogP contribution in [0.2, 0.25) is 0 Å². The van der Waals surface area contributed by atoms with Crippen molar-refractivity contribution in [2.24, 2.45) is 0 Å². The average molecular weight is 322 g/mol. The molecule has 3 rings (SSSR count). The van der Waals surface area contributed by atoms with Gasteiger partial charge in [0.05, 0.1) is 19.9 Å². The lowest BCUT2D eigenvalue weighted by molar-refractivity contribution is 0.415. The second-order valence-corrected chi connectivity index (χ2v) is 5.10. The summed E-state index contributed by atoms with van der Waals surface area (Å²) in [5.41, 5.74) is 15.0. The van der Waals surface area contributed by atoms with Crippen LogP contribution in [0.1, 0.15) is 0 Å². The highest BCUT2D eigenvalue weighted by Gasteiger charge is 2.01. The molecule has 0 amide bonds. The van der Waals surface area contributed by atoms with Crippen LogP contribution in [0.5, 0.6) is 11.5 Å². The van der Waals surface area contributed by atoms with Crippen LogP contribution < -0.4 is 20.9 Å². The van der Waals surface area contributed by atoms with E-state index >= 15 is 0 Å². The Bertz CT molecular complexity index is 756. The number of nitrogen functional groups attached to an aromatic ring is 2. The van der Waals surface area contributed by atoms with Gasteiger partial charge in [0.15, 0.2) is 0 Å². The zero-order valence-corrected chi connectivity index (χ0v) is 13.9. The minimum atomic E-state index is 0.666. The maximum atomic E-state index is 5.84. The SMILES string of the molecule is COc1ccc(-c2ccccc2)cc1N.COc1ccc(N)cc1. The summed E-state index contributed by atoms with van der Waals surface area (Å²) in [7, 11) is 3.25. The van der Waals surface area contributed by atoms with Crippen LogP contribution in [-0.2, 0) is 0 Å². The second-order valence-electron chi connectivity index (χ2n) is 5.10. The van der Waals surface area contributed by atoms with E-state index in [1.165, 1.54) is 0 Å². The smallest absolute Gasteiger partial charge is 0.141 e. The van der Waals surface area contributed by atoms with Crippen LogP contribution >= 0.6 is 0 Å². The maximum absolute atomic E-state index is 5.84. The third-order valence-electron chi connectivity index (χ3n) is 3.45. The molecule has 0 aliphatic carbocycles. The third kappa shape index (κ3) is 4.68. The molecule has 0 heterocycles. The summed E-state index contributed by atoms with van der Waals surface area (Å²) >= 11 is 0. The van der Waals surface area contributed by atoms with Gasteiger partial charge >= 0.3 is 0 Å². The van der Waals surface area contributed by atoms with Crippen LogP contribution in [-0.4, -0.2) is 14.2 Å². The molecule has 0 saturated heterocycles. The predicted molar refractivity (Wildman–Crippen MR) is 100 cm³/mol. The molecule has 0 unspecified atom stereocenters. The summed E-state index contributed by atoms with van der Waals surface area (Å²) in [5, 5.41) is 0. The maximum Gasteiger partial charge on any atom is 0.141 e. The summed E-state index contributed by atoms with van der Waals surface area (Å²) < 4.78 is 10.0. The first-order chi connectivity index (χ1) is 11.6. The Morgan fingerprint density at radius 3 is 1.88 bits per heavy atom. The standard InChI is InChI=1S/C13H13NO.C7H9NO/c1-15-13-8-7-11(9-12(13)14)10-5-3-2-4-6-10;1-9-7-4-2-6(8)3-5-7/h2-9H,14H2,1H3;2-5H,8H2,1H3. The summed E-state index contributed by atoms with van der Waals surface area (Å²) in [6.07, 6.45) is 0. The van der Waals surface area contributed by atoms with E-state index in [0.717, 1.165) is 28.3 Å². The minimum Gasteiger partial charge on any atom is -0.497 e. The van der Waals surface area contributed by atoms with Gasteiger partial charge in [-0.25, -0.2) is 0 Å². The Kier molecular flexibility index (Phi) is 6.08. The van der Waals surface area contributed by atoms with Gasteiger partial charge in [-0.05, 0) is 47.5 Å². The molecule has 0 radical (unpaired) electrons. The fourth-order valence-corrected chi connectivity index (χ4v) is 2.15. The molecule has 0 atom stereocenters. The highest BCUT2D eigenvalue weighted by Crippen LogP contribution is 2.27. The van der Waals surface area contributed by atoms with E-state index in [9.17, 15) is 0 Å². The molecular formula is C20H22N2O2. The van der Waals surface area contributed by atoms with Crippen molar-refractivity contribution in [1.29, 1.82) is 0 Å². The van der Waals surface area contributed by atoms with Crippen molar-refractivity contribution in [3.8, 4) is 22.6 Å². The zero-order valence-electron chi connectivity index (χ0n) is 13.9. The molecule has 0 fully saturated rings. The number of ether oxygens (including phenoxy) is 2. The van der Waals surface area contributed by atoms with E-state index < -0.39 is 0 Å². The van der Waals surface area contributed by atoms with Crippen LogP contribution in [0.25, 0.3) is 11.1 Å². The molecule has 0 aliphatic rings. The topological polar surface area (TPSA) is 70.5 Å².